The summed E-state index contributed by atoms with van der Waals surface area (Å²) in [7, 11) is 0. The molecular weight excluding hydrogens is 322 g/mol. The second-order valence-corrected chi connectivity index (χ2v) is 5.93. The van der Waals surface area contributed by atoms with Gasteiger partial charge in [0.15, 0.2) is 0 Å². The van der Waals surface area contributed by atoms with Gasteiger partial charge in [0.1, 0.15) is 0 Å². The molecule has 2 N–H and O–H groups in total. The third kappa shape index (κ3) is 4.63. The van der Waals surface area contributed by atoms with E-state index >= 15 is 0 Å². The fourth-order valence-corrected chi connectivity index (χ4v) is 2.13. The minimum atomic E-state index is -0.485. The second kappa shape index (κ2) is 7.57. The molecule has 0 bridgehead atoms. The largest absolute Gasteiger partial charge is 0.326 e. The lowest BCUT2D eigenvalue weighted by molar-refractivity contribution is -0.385. The molecular formula is C18H19N3O4. The molecule has 0 saturated carbocycles. The molecule has 2 amide bonds. The molecule has 0 aliphatic carbocycles. The van der Waals surface area contributed by atoms with E-state index in [1.807, 2.05) is 0 Å². The van der Waals surface area contributed by atoms with Crippen molar-refractivity contribution in [3.8, 4) is 0 Å². The number of hydrogen-bond acceptors (Lipinski definition) is 4. The van der Waals surface area contributed by atoms with Crippen LogP contribution in [-0.2, 0) is 4.79 Å². The van der Waals surface area contributed by atoms with E-state index in [4.69, 9.17) is 0 Å². The summed E-state index contributed by atoms with van der Waals surface area (Å²) >= 11 is 0. The number of rotatable bonds is 5. The number of carbonyl (C=O) groups is 2. The summed E-state index contributed by atoms with van der Waals surface area (Å²) in [5, 5.41) is 16.3. The summed E-state index contributed by atoms with van der Waals surface area (Å²) in [6.45, 7) is 5.19. The summed E-state index contributed by atoms with van der Waals surface area (Å²) in [4.78, 5) is 34.2. The van der Waals surface area contributed by atoms with Crippen molar-refractivity contribution in [2.45, 2.75) is 20.8 Å². The molecule has 0 heterocycles. The zero-order chi connectivity index (χ0) is 18.6. The number of amides is 2. The zero-order valence-corrected chi connectivity index (χ0v) is 14.2. The minimum absolute atomic E-state index is 0.0261. The van der Waals surface area contributed by atoms with Gasteiger partial charge in [0, 0.05) is 34.5 Å². The van der Waals surface area contributed by atoms with Crippen LogP contribution >= 0.6 is 0 Å². The highest BCUT2D eigenvalue weighted by atomic mass is 16.6. The average Bonchev–Trinajstić information content (AvgIpc) is 2.56. The van der Waals surface area contributed by atoms with Crippen LogP contribution in [0.4, 0.5) is 17.1 Å². The third-order valence-electron chi connectivity index (χ3n) is 3.59. The van der Waals surface area contributed by atoms with Crippen molar-refractivity contribution < 1.29 is 14.5 Å². The highest BCUT2D eigenvalue weighted by molar-refractivity contribution is 6.04. The van der Waals surface area contributed by atoms with Crippen molar-refractivity contribution in [2.75, 3.05) is 10.6 Å². The van der Waals surface area contributed by atoms with Gasteiger partial charge < -0.3 is 10.6 Å². The number of nitro groups is 1. The summed E-state index contributed by atoms with van der Waals surface area (Å²) in [5.41, 5.74) is 1.93. The molecule has 2 rings (SSSR count). The van der Waals surface area contributed by atoms with Crippen molar-refractivity contribution in [2.24, 2.45) is 5.92 Å². The van der Waals surface area contributed by atoms with Gasteiger partial charge in [-0.3, -0.25) is 19.7 Å². The van der Waals surface area contributed by atoms with Crippen molar-refractivity contribution in [1.82, 2.24) is 0 Å². The second-order valence-electron chi connectivity index (χ2n) is 5.93. The zero-order valence-electron chi connectivity index (χ0n) is 14.2. The summed E-state index contributed by atoms with van der Waals surface area (Å²) in [6, 6.07) is 10.9. The van der Waals surface area contributed by atoms with E-state index in [-0.39, 0.29) is 23.4 Å². The molecule has 0 spiro atoms. The maximum atomic E-state index is 12.2. The van der Waals surface area contributed by atoms with Crippen LogP contribution in [-0.4, -0.2) is 16.7 Å². The molecule has 0 saturated heterocycles. The van der Waals surface area contributed by atoms with E-state index in [0.717, 1.165) is 0 Å². The smallest absolute Gasteiger partial charge is 0.272 e. The predicted molar refractivity (Wildman–Crippen MR) is 95.7 cm³/mol. The number of nitrogens with one attached hydrogen (secondary N) is 2. The Hall–Kier alpha value is -3.22. The first kappa shape index (κ1) is 18.1. The Morgan fingerprint density at radius 2 is 1.56 bits per heavy atom. The molecule has 0 aromatic heterocycles. The van der Waals surface area contributed by atoms with Crippen molar-refractivity contribution in [1.29, 1.82) is 0 Å². The van der Waals surface area contributed by atoms with Gasteiger partial charge >= 0.3 is 0 Å². The number of aryl methyl sites for hydroxylation is 1. The Balaban J connectivity index is 2.07. The summed E-state index contributed by atoms with van der Waals surface area (Å²) in [6.07, 6.45) is 0. The Bertz CT molecular complexity index is 814. The molecule has 0 atom stereocenters. The fourth-order valence-electron chi connectivity index (χ4n) is 2.13. The molecule has 130 valence electrons. The third-order valence-corrected chi connectivity index (χ3v) is 3.59. The van der Waals surface area contributed by atoms with Crippen LogP contribution in [0.3, 0.4) is 0 Å². The van der Waals surface area contributed by atoms with Crippen molar-refractivity contribution >= 4 is 28.9 Å². The number of benzene rings is 2. The molecule has 25 heavy (non-hydrogen) atoms. The van der Waals surface area contributed by atoms with E-state index < -0.39 is 4.92 Å². The van der Waals surface area contributed by atoms with Crippen LogP contribution in [0.5, 0.6) is 0 Å². The van der Waals surface area contributed by atoms with E-state index in [1.165, 1.54) is 18.2 Å². The minimum Gasteiger partial charge on any atom is -0.326 e. The van der Waals surface area contributed by atoms with E-state index in [0.29, 0.717) is 22.5 Å². The Kier molecular flexibility index (Phi) is 5.49. The Morgan fingerprint density at radius 1 is 1.00 bits per heavy atom. The van der Waals surface area contributed by atoms with Gasteiger partial charge in [-0.15, -0.1) is 0 Å². The number of nitrogens with zero attached hydrogens (tertiary/aromatic N) is 1. The molecule has 0 unspecified atom stereocenters. The molecule has 2 aromatic carbocycles. The summed E-state index contributed by atoms with van der Waals surface area (Å²) < 4.78 is 0. The molecule has 7 nitrogen and oxygen atoms in total. The van der Waals surface area contributed by atoms with Gasteiger partial charge in [0.25, 0.3) is 11.6 Å². The van der Waals surface area contributed by atoms with Gasteiger partial charge in [0.05, 0.1) is 4.92 Å². The number of hydrogen-bond donors (Lipinski definition) is 2. The molecule has 0 radical (unpaired) electrons. The number of anilines is 2. The van der Waals surface area contributed by atoms with Crippen LogP contribution in [0, 0.1) is 23.0 Å². The van der Waals surface area contributed by atoms with E-state index in [1.54, 1.807) is 45.0 Å². The van der Waals surface area contributed by atoms with Crippen LogP contribution in [0.15, 0.2) is 42.5 Å². The van der Waals surface area contributed by atoms with Gasteiger partial charge in [-0.25, -0.2) is 0 Å². The maximum absolute atomic E-state index is 12.2. The van der Waals surface area contributed by atoms with Crippen molar-refractivity contribution in [3.63, 3.8) is 0 Å². The van der Waals surface area contributed by atoms with Gasteiger partial charge in [-0.2, -0.15) is 0 Å². The quantitative estimate of drug-likeness (QED) is 0.638. The fraction of sp³-hybridized carbons (Fsp3) is 0.222. The molecule has 0 aliphatic rings. The molecule has 2 aromatic rings. The predicted octanol–water partition coefficient (Wildman–Crippen LogP) is 3.75. The van der Waals surface area contributed by atoms with Gasteiger partial charge in [-0.1, -0.05) is 13.8 Å². The standard InChI is InChI=1S/C18H19N3O4/c1-11(2)17(22)19-14-5-7-15(8-6-14)20-18(23)13-4-9-16(21(24)25)12(3)10-13/h4-11H,1-3H3,(H,19,22)(H,20,23). The first-order valence-corrected chi connectivity index (χ1v) is 7.75. The van der Waals surface area contributed by atoms with Crippen LogP contribution < -0.4 is 10.6 Å². The average molecular weight is 341 g/mol. The Labute approximate surface area is 145 Å². The SMILES string of the molecule is Cc1cc(C(=O)Nc2ccc(NC(=O)C(C)C)cc2)ccc1[N+](=O)[O-]. The monoisotopic (exact) mass is 341 g/mol. The molecule has 0 fully saturated rings. The topological polar surface area (TPSA) is 101 Å². The van der Waals surface area contributed by atoms with Gasteiger partial charge in [-0.05, 0) is 43.3 Å². The van der Waals surface area contributed by atoms with Gasteiger partial charge in [0.2, 0.25) is 5.91 Å². The Morgan fingerprint density at radius 3 is 2.04 bits per heavy atom. The molecule has 0 aliphatic heterocycles. The highest BCUT2D eigenvalue weighted by Gasteiger charge is 2.14. The van der Waals surface area contributed by atoms with Crippen LogP contribution in [0.1, 0.15) is 29.8 Å². The lowest BCUT2D eigenvalue weighted by Gasteiger charge is -2.09. The van der Waals surface area contributed by atoms with Crippen LogP contribution in [0.25, 0.3) is 0 Å². The lowest BCUT2D eigenvalue weighted by atomic mass is 10.1. The number of nitro benzene ring substituents is 1. The highest BCUT2D eigenvalue weighted by Crippen LogP contribution is 2.20. The number of carbonyl (C=O) groups excluding carboxylic acids is 2. The first-order valence-electron chi connectivity index (χ1n) is 7.75. The lowest BCUT2D eigenvalue weighted by Crippen LogP contribution is -2.17. The summed E-state index contributed by atoms with van der Waals surface area (Å²) in [5.74, 6) is -0.570. The normalized spacial score (nSPS) is 10.4. The molecule has 7 heteroatoms. The van der Waals surface area contributed by atoms with Crippen molar-refractivity contribution in [3.05, 3.63) is 63.7 Å². The first-order chi connectivity index (χ1) is 11.8. The maximum Gasteiger partial charge on any atom is 0.272 e. The van der Waals surface area contributed by atoms with Crippen LogP contribution in [0.2, 0.25) is 0 Å². The van der Waals surface area contributed by atoms with E-state index in [2.05, 4.69) is 10.6 Å². The van der Waals surface area contributed by atoms with E-state index in [9.17, 15) is 19.7 Å².